The van der Waals surface area contributed by atoms with E-state index < -0.39 is 18.1 Å². The van der Waals surface area contributed by atoms with Gasteiger partial charge in [-0.05, 0) is 79.8 Å². The van der Waals surface area contributed by atoms with Crippen molar-refractivity contribution in [2.24, 2.45) is 5.92 Å². The van der Waals surface area contributed by atoms with E-state index in [2.05, 4.69) is 15.0 Å². The Hall–Kier alpha value is -2.33. The van der Waals surface area contributed by atoms with E-state index in [0.29, 0.717) is 19.6 Å². The molecule has 1 aromatic carbocycles. The van der Waals surface area contributed by atoms with Crippen LogP contribution in [0, 0.1) is 5.92 Å². The van der Waals surface area contributed by atoms with E-state index in [9.17, 15) is 26.3 Å². The van der Waals surface area contributed by atoms with Crippen molar-refractivity contribution in [2.75, 3.05) is 13.2 Å². The Bertz CT molecular complexity index is 1000. The van der Waals surface area contributed by atoms with Gasteiger partial charge in [-0.2, -0.15) is 13.2 Å². The fourth-order valence-electron chi connectivity index (χ4n) is 5.87. The van der Waals surface area contributed by atoms with Crippen molar-refractivity contribution in [3.8, 4) is 5.75 Å². The second kappa shape index (κ2) is 11.0. The molecule has 1 saturated heterocycles. The lowest BCUT2D eigenvalue weighted by molar-refractivity contribution is -0.274. The van der Waals surface area contributed by atoms with Gasteiger partial charge in [0.2, 0.25) is 0 Å². The Morgan fingerprint density at radius 1 is 1.08 bits per heavy atom. The third-order valence-corrected chi connectivity index (χ3v) is 7.34. The zero-order valence-electron chi connectivity index (χ0n) is 19.8. The summed E-state index contributed by atoms with van der Waals surface area (Å²) in [6, 6.07) is 7.00. The first-order valence-electron chi connectivity index (χ1n) is 12.3. The highest BCUT2D eigenvalue weighted by Crippen LogP contribution is 2.50. The Balaban J connectivity index is 1.53. The minimum atomic E-state index is -4.80. The quantitative estimate of drug-likeness (QED) is 0.303. The fraction of sp³-hybridized carbons (Fsp3) is 0.577. The summed E-state index contributed by atoms with van der Waals surface area (Å²) in [7, 11) is 0. The van der Waals surface area contributed by atoms with Crippen LogP contribution >= 0.6 is 0 Å². The molecule has 4 rings (SSSR count). The standard InChI is InChI=1S/C26H30F6N2O2/c27-25(28,29)22-9-13-34-17-19(22)16-33-12-8-21(18-5-3-6-20(15-18)36-26(30,31)32)23-7-4-14-35-24(23)10-1-2-11-24/h3,5-6,9,13,15,17,21,23,33H,1-2,4,7-8,10-12,14,16H2. The van der Waals surface area contributed by atoms with Crippen LogP contribution in [0.5, 0.6) is 5.75 Å². The first-order chi connectivity index (χ1) is 17.1. The summed E-state index contributed by atoms with van der Waals surface area (Å²) in [5, 5.41) is 3.09. The van der Waals surface area contributed by atoms with Crippen molar-refractivity contribution >= 4 is 0 Å². The maximum Gasteiger partial charge on any atom is 0.573 e. The van der Waals surface area contributed by atoms with E-state index >= 15 is 0 Å². The summed E-state index contributed by atoms with van der Waals surface area (Å²) in [6.45, 7) is 1.03. The van der Waals surface area contributed by atoms with Crippen molar-refractivity contribution in [3.63, 3.8) is 0 Å². The van der Waals surface area contributed by atoms with Crippen molar-refractivity contribution in [1.82, 2.24) is 10.3 Å². The molecule has 0 bridgehead atoms. The lowest BCUT2D eigenvalue weighted by Gasteiger charge is -2.46. The van der Waals surface area contributed by atoms with E-state index in [1.807, 2.05) is 0 Å². The molecule has 1 saturated carbocycles. The minimum Gasteiger partial charge on any atom is -0.406 e. The van der Waals surface area contributed by atoms with Gasteiger partial charge in [0.1, 0.15) is 5.75 Å². The Kier molecular flexibility index (Phi) is 8.14. The molecule has 0 radical (unpaired) electrons. The number of benzene rings is 1. The van der Waals surface area contributed by atoms with Gasteiger partial charge in [0.15, 0.2) is 0 Å². The molecule has 2 fully saturated rings. The van der Waals surface area contributed by atoms with E-state index in [-0.39, 0.29) is 35.3 Å². The number of rotatable bonds is 8. The molecule has 1 aromatic heterocycles. The van der Waals surface area contributed by atoms with Gasteiger partial charge in [-0.15, -0.1) is 13.2 Å². The Morgan fingerprint density at radius 3 is 2.58 bits per heavy atom. The van der Waals surface area contributed by atoms with Crippen molar-refractivity contribution in [2.45, 2.75) is 75.5 Å². The number of pyridine rings is 1. The van der Waals surface area contributed by atoms with Crippen LogP contribution < -0.4 is 10.1 Å². The molecule has 1 aliphatic carbocycles. The highest BCUT2D eigenvalue weighted by molar-refractivity contribution is 5.32. The maximum absolute atomic E-state index is 13.3. The Morgan fingerprint density at radius 2 is 1.86 bits per heavy atom. The molecule has 36 heavy (non-hydrogen) atoms. The summed E-state index contributed by atoms with van der Waals surface area (Å²) in [6.07, 6.45) is -0.777. The molecule has 2 heterocycles. The number of aromatic nitrogens is 1. The van der Waals surface area contributed by atoms with Gasteiger partial charge in [0.05, 0.1) is 11.2 Å². The van der Waals surface area contributed by atoms with E-state index in [0.717, 1.165) is 56.4 Å². The lowest BCUT2D eigenvalue weighted by atomic mass is 9.69. The molecule has 1 aliphatic heterocycles. The van der Waals surface area contributed by atoms with Crippen molar-refractivity contribution in [3.05, 3.63) is 59.4 Å². The van der Waals surface area contributed by atoms with Gasteiger partial charge in [-0.25, -0.2) is 0 Å². The number of halogens is 6. The minimum absolute atomic E-state index is 0.0149. The number of nitrogens with zero attached hydrogens (tertiary/aromatic N) is 1. The van der Waals surface area contributed by atoms with Crippen molar-refractivity contribution < 1.29 is 35.8 Å². The zero-order valence-corrected chi connectivity index (χ0v) is 19.8. The van der Waals surface area contributed by atoms with Gasteiger partial charge in [0.25, 0.3) is 0 Å². The summed E-state index contributed by atoms with van der Waals surface area (Å²) in [4.78, 5) is 3.82. The van der Waals surface area contributed by atoms with Gasteiger partial charge >= 0.3 is 12.5 Å². The molecule has 2 unspecified atom stereocenters. The van der Waals surface area contributed by atoms with Crippen LogP contribution in [0.25, 0.3) is 0 Å². The average molecular weight is 517 g/mol. The highest BCUT2D eigenvalue weighted by atomic mass is 19.4. The van der Waals surface area contributed by atoms with Gasteiger partial charge in [-0.3, -0.25) is 4.98 Å². The molecule has 198 valence electrons. The van der Waals surface area contributed by atoms with E-state index in [4.69, 9.17) is 4.74 Å². The molecule has 0 amide bonds. The Labute approximate surface area is 206 Å². The molecule has 1 N–H and O–H groups in total. The van der Waals surface area contributed by atoms with E-state index in [1.54, 1.807) is 12.1 Å². The third-order valence-electron chi connectivity index (χ3n) is 7.34. The second-order valence-corrected chi connectivity index (χ2v) is 9.59. The number of hydrogen-bond donors (Lipinski definition) is 1. The first-order valence-corrected chi connectivity index (χ1v) is 12.3. The molecular weight excluding hydrogens is 486 g/mol. The molecular formula is C26H30F6N2O2. The lowest BCUT2D eigenvalue weighted by Crippen LogP contribution is -2.45. The summed E-state index contributed by atoms with van der Waals surface area (Å²) >= 11 is 0. The first kappa shape index (κ1) is 26.7. The topological polar surface area (TPSA) is 43.4 Å². The third kappa shape index (κ3) is 6.51. The highest BCUT2D eigenvalue weighted by Gasteiger charge is 2.47. The molecule has 2 aliphatic rings. The predicted octanol–water partition coefficient (Wildman–Crippen LogP) is 7.00. The monoisotopic (exact) mass is 516 g/mol. The van der Waals surface area contributed by atoms with Crippen LogP contribution in [-0.4, -0.2) is 30.1 Å². The number of hydrogen-bond acceptors (Lipinski definition) is 4. The number of ether oxygens (including phenoxy) is 2. The van der Waals surface area contributed by atoms with E-state index in [1.165, 1.54) is 18.3 Å². The van der Waals surface area contributed by atoms with Gasteiger partial charge in [-0.1, -0.05) is 25.0 Å². The van der Waals surface area contributed by atoms with Crippen LogP contribution in [0.3, 0.4) is 0 Å². The van der Waals surface area contributed by atoms with Gasteiger partial charge in [0, 0.05) is 25.5 Å². The molecule has 2 aromatic rings. The number of alkyl halides is 6. The smallest absolute Gasteiger partial charge is 0.406 e. The summed E-state index contributed by atoms with van der Waals surface area (Å²) in [5.74, 6) is -0.315. The molecule has 10 heteroatoms. The summed E-state index contributed by atoms with van der Waals surface area (Å²) in [5.41, 5.74) is -0.270. The predicted molar refractivity (Wildman–Crippen MR) is 121 cm³/mol. The maximum atomic E-state index is 13.3. The van der Waals surface area contributed by atoms with Crippen LogP contribution in [0.15, 0.2) is 42.7 Å². The van der Waals surface area contributed by atoms with Crippen molar-refractivity contribution in [1.29, 1.82) is 0 Å². The van der Waals surface area contributed by atoms with Crippen LogP contribution in [0.2, 0.25) is 0 Å². The molecule has 4 nitrogen and oxygen atoms in total. The summed E-state index contributed by atoms with van der Waals surface area (Å²) < 4.78 is 89.0. The fourth-order valence-corrected chi connectivity index (χ4v) is 5.87. The normalized spacial score (nSPS) is 21.0. The molecule has 1 spiro atoms. The van der Waals surface area contributed by atoms with Crippen LogP contribution in [0.1, 0.15) is 67.6 Å². The zero-order chi connectivity index (χ0) is 25.8. The average Bonchev–Trinajstić information content (AvgIpc) is 3.27. The largest absolute Gasteiger partial charge is 0.573 e. The molecule has 2 atom stereocenters. The van der Waals surface area contributed by atoms with Gasteiger partial charge < -0.3 is 14.8 Å². The van der Waals surface area contributed by atoms with Crippen LogP contribution in [0.4, 0.5) is 26.3 Å². The van der Waals surface area contributed by atoms with Crippen LogP contribution in [-0.2, 0) is 17.5 Å². The second-order valence-electron chi connectivity index (χ2n) is 9.59. The SMILES string of the molecule is FC(F)(F)Oc1cccc(C(CCNCc2cnccc2C(F)(F)F)C2CCCOC23CCCC3)c1. The number of nitrogens with one attached hydrogen (secondary N) is 1.